The lowest BCUT2D eigenvalue weighted by atomic mass is 9.97. The Bertz CT molecular complexity index is 2400. The molecular weight excluding hydrogens is 808 g/mol. The summed E-state index contributed by atoms with van der Waals surface area (Å²) in [5, 5.41) is 25.9. The molecule has 0 spiro atoms. The highest BCUT2D eigenvalue weighted by Gasteiger charge is 2.38. The van der Waals surface area contributed by atoms with Gasteiger partial charge in [0.2, 0.25) is 5.88 Å². The number of alkyl halides is 3. The summed E-state index contributed by atoms with van der Waals surface area (Å²) in [6, 6.07) is 12.4. The van der Waals surface area contributed by atoms with Crippen LogP contribution in [0.1, 0.15) is 16.8 Å². The van der Waals surface area contributed by atoms with Crippen molar-refractivity contribution in [3.63, 3.8) is 0 Å². The summed E-state index contributed by atoms with van der Waals surface area (Å²) >= 11 is 8.12. The fourth-order valence-electron chi connectivity index (χ4n) is 6.62. The summed E-state index contributed by atoms with van der Waals surface area (Å²) in [4.78, 5) is 27.0. The first-order chi connectivity index (χ1) is 27.7. The van der Waals surface area contributed by atoms with Crippen molar-refractivity contribution in [2.75, 3.05) is 46.4 Å². The molecule has 7 rings (SSSR count). The predicted molar refractivity (Wildman–Crippen MR) is 205 cm³/mol. The summed E-state index contributed by atoms with van der Waals surface area (Å²) in [5.41, 5.74) is 1.31. The van der Waals surface area contributed by atoms with E-state index in [-0.39, 0.29) is 29.4 Å². The molecule has 0 amide bonds. The van der Waals surface area contributed by atoms with Crippen molar-refractivity contribution >= 4 is 39.4 Å². The van der Waals surface area contributed by atoms with E-state index < -0.39 is 36.5 Å². The molecule has 0 aliphatic carbocycles. The monoisotopic (exact) mass is 844 g/mol. The van der Waals surface area contributed by atoms with Crippen LogP contribution in [0, 0.1) is 12.9 Å². The van der Waals surface area contributed by atoms with Gasteiger partial charge in [-0.05, 0) is 54.9 Å². The molecule has 0 saturated carbocycles. The van der Waals surface area contributed by atoms with E-state index in [1.807, 2.05) is 13.0 Å². The summed E-state index contributed by atoms with van der Waals surface area (Å²) in [7, 11) is 2.09. The SMILES string of the molecule is Cc1c(-c2c(-c3ccc(F)o3)sc3ncnc(OC(C=O)Cc4ccccc4OC(O)(O)c4ccnn4CC(F)(F)F)c23)ccc(OCCN2CCN(C)CC2)c1Cl. The van der Waals surface area contributed by atoms with Gasteiger partial charge in [0.15, 0.2) is 12.4 Å². The molecule has 2 N–H and O–H groups in total. The number of halogens is 5. The molecule has 1 fully saturated rings. The van der Waals surface area contributed by atoms with Gasteiger partial charge in [-0.2, -0.15) is 22.7 Å². The van der Waals surface area contributed by atoms with E-state index in [4.69, 9.17) is 30.2 Å². The molecule has 306 valence electrons. The fraction of sp³-hybridized carbons (Fsp3) is 0.333. The molecule has 13 nitrogen and oxygen atoms in total. The van der Waals surface area contributed by atoms with Crippen LogP contribution in [0.3, 0.4) is 0 Å². The van der Waals surface area contributed by atoms with Crippen LogP contribution >= 0.6 is 22.9 Å². The Morgan fingerprint density at radius 1 is 1.03 bits per heavy atom. The number of thiophene rings is 1. The van der Waals surface area contributed by atoms with Crippen LogP contribution in [-0.4, -0.2) is 105 Å². The number of aliphatic hydroxyl groups is 2. The Kier molecular flexibility index (Phi) is 12.0. The average Bonchev–Trinajstić information content (AvgIpc) is 3.93. The third kappa shape index (κ3) is 9.11. The van der Waals surface area contributed by atoms with E-state index in [0.717, 1.165) is 45.0 Å². The lowest BCUT2D eigenvalue weighted by molar-refractivity contribution is -0.309. The second-order valence-electron chi connectivity index (χ2n) is 13.6. The first-order valence-corrected chi connectivity index (χ1v) is 19.2. The number of furan rings is 1. The number of hydrogen-bond acceptors (Lipinski definition) is 13. The largest absolute Gasteiger partial charge is 0.491 e. The smallest absolute Gasteiger partial charge is 0.408 e. The van der Waals surface area contributed by atoms with Crippen LogP contribution in [0.25, 0.3) is 32.0 Å². The molecule has 0 bridgehead atoms. The van der Waals surface area contributed by atoms with Gasteiger partial charge < -0.3 is 33.7 Å². The van der Waals surface area contributed by atoms with Crippen molar-refractivity contribution in [1.29, 1.82) is 0 Å². The molecule has 1 aliphatic heterocycles. The van der Waals surface area contributed by atoms with Crippen molar-refractivity contribution in [2.45, 2.75) is 38.1 Å². The number of carbonyl (C=O) groups excluding carboxylic acids is 1. The van der Waals surface area contributed by atoms with Gasteiger partial charge in [-0.15, -0.1) is 11.3 Å². The van der Waals surface area contributed by atoms with Gasteiger partial charge in [0.05, 0.1) is 15.3 Å². The lowest BCUT2D eigenvalue weighted by Gasteiger charge is -2.32. The number of carbonyl (C=O) groups is 1. The van der Waals surface area contributed by atoms with Crippen LogP contribution in [0.15, 0.2) is 71.5 Å². The summed E-state index contributed by atoms with van der Waals surface area (Å²) in [5.74, 6) is -2.73. The van der Waals surface area contributed by atoms with E-state index in [2.05, 4.69) is 31.9 Å². The van der Waals surface area contributed by atoms with Crippen LogP contribution in [-0.2, 0) is 23.7 Å². The third-order valence-corrected chi connectivity index (χ3v) is 11.2. The van der Waals surface area contributed by atoms with Crippen LogP contribution < -0.4 is 14.2 Å². The van der Waals surface area contributed by atoms with Gasteiger partial charge in [-0.1, -0.05) is 35.9 Å². The highest BCUT2D eigenvalue weighted by atomic mass is 35.5. The van der Waals surface area contributed by atoms with E-state index in [1.165, 1.54) is 48.0 Å². The zero-order valence-electron chi connectivity index (χ0n) is 31.1. The molecule has 0 radical (unpaired) electrons. The first kappa shape index (κ1) is 41.1. The van der Waals surface area contributed by atoms with Crippen molar-refractivity contribution < 1.29 is 51.2 Å². The van der Waals surface area contributed by atoms with E-state index >= 15 is 0 Å². The Hall–Kier alpha value is -5.11. The second-order valence-corrected chi connectivity index (χ2v) is 15.0. The zero-order chi connectivity index (χ0) is 41.2. The molecule has 19 heteroatoms. The van der Waals surface area contributed by atoms with Crippen LogP contribution in [0.4, 0.5) is 17.6 Å². The lowest BCUT2D eigenvalue weighted by Crippen LogP contribution is -2.45. The standard InChI is InChI=1S/C39H37ClF4N6O7S/c1-23-26(7-8-28(34(23)40)54-18-17-49-15-13-48(2)14-16-49)32-33-36(45-22-46-37(33)58-35(32)29-9-10-31(41)56-29)55-25(20-51)19-24-5-3-4-6-27(24)57-39(52,53)30-11-12-47-50(30)21-38(42,43)44/h3-12,20,22,25,52-53H,13-19,21H2,1-2H3. The minimum atomic E-state index is -4.71. The van der Waals surface area contributed by atoms with E-state index in [1.54, 1.807) is 12.1 Å². The summed E-state index contributed by atoms with van der Waals surface area (Å²) in [6.45, 7) is 5.22. The van der Waals surface area contributed by atoms with E-state index in [0.29, 0.717) is 60.1 Å². The quantitative estimate of drug-likeness (QED) is 0.0664. The molecule has 58 heavy (non-hydrogen) atoms. The first-order valence-electron chi connectivity index (χ1n) is 18.0. The number of rotatable bonds is 15. The molecule has 1 unspecified atom stereocenters. The molecule has 6 aromatic rings. The number of fused-ring (bicyclic) bond motifs is 1. The summed E-state index contributed by atoms with van der Waals surface area (Å²) in [6.07, 6.45) is -3.44. The maximum Gasteiger partial charge on any atom is 0.408 e. The fourth-order valence-corrected chi connectivity index (χ4v) is 7.95. The Labute approximate surface area is 338 Å². The minimum absolute atomic E-state index is 0.0113. The number of para-hydroxylation sites is 1. The van der Waals surface area contributed by atoms with Gasteiger partial charge in [-0.25, -0.2) is 9.97 Å². The molecule has 1 atom stereocenters. The topological polar surface area (TPSA) is 148 Å². The zero-order valence-corrected chi connectivity index (χ0v) is 32.7. The number of nitrogens with zero attached hydrogens (tertiary/aromatic N) is 6. The maximum atomic E-state index is 14.3. The molecule has 1 aliphatic rings. The van der Waals surface area contributed by atoms with E-state index in [9.17, 15) is 32.6 Å². The Morgan fingerprint density at radius 3 is 2.53 bits per heavy atom. The number of likely N-dealkylation sites (N-methyl/N-ethyl adjacent to an activating group) is 1. The van der Waals surface area contributed by atoms with Crippen molar-refractivity contribution in [2.24, 2.45) is 0 Å². The van der Waals surface area contributed by atoms with Crippen molar-refractivity contribution in [1.82, 2.24) is 29.5 Å². The number of hydrogen-bond donors (Lipinski definition) is 2. The predicted octanol–water partition coefficient (Wildman–Crippen LogP) is 6.47. The number of benzene rings is 2. The van der Waals surface area contributed by atoms with Gasteiger partial charge in [0, 0.05) is 57.0 Å². The van der Waals surface area contributed by atoms with Gasteiger partial charge in [0.25, 0.3) is 6.01 Å². The third-order valence-electron chi connectivity index (χ3n) is 9.57. The highest BCUT2D eigenvalue weighted by molar-refractivity contribution is 7.22. The van der Waals surface area contributed by atoms with Crippen LogP contribution in [0.2, 0.25) is 5.02 Å². The number of aromatic nitrogens is 4. The second kappa shape index (κ2) is 17.0. The Morgan fingerprint density at radius 2 is 1.81 bits per heavy atom. The molecule has 2 aromatic carbocycles. The van der Waals surface area contributed by atoms with Crippen molar-refractivity contribution in [3.8, 4) is 39.1 Å². The molecular formula is C39H37ClF4N6O7S. The van der Waals surface area contributed by atoms with Crippen LogP contribution in [0.5, 0.6) is 17.4 Å². The number of aldehydes is 1. The van der Waals surface area contributed by atoms with Gasteiger partial charge in [-0.3, -0.25) is 14.4 Å². The summed E-state index contributed by atoms with van der Waals surface area (Å²) < 4.78 is 77.3. The van der Waals surface area contributed by atoms with Gasteiger partial charge >= 0.3 is 12.1 Å². The van der Waals surface area contributed by atoms with Gasteiger partial charge in [0.1, 0.15) is 47.3 Å². The highest BCUT2D eigenvalue weighted by Crippen LogP contribution is 2.49. The normalized spacial score (nSPS) is 14.8. The Balaban J connectivity index is 1.19. The molecule has 1 saturated heterocycles. The average molecular weight is 845 g/mol. The molecule has 4 aromatic heterocycles. The van der Waals surface area contributed by atoms with Crippen molar-refractivity contribution in [3.05, 3.63) is 95.0 Å². The maximum absolute atomic E-state index is 14.3. The molecule has 5 heterocycles. The number of ether oxygens (including phenoxy) is 3. The number of piperazine rings is 1. The minimum Gasteiger partial charge on any atom is -0.491 e.